The van der Waals surface area contributed by atoms with Crippen molar-refractivity contribution < 1.29 is 14.3 Å². The third-order valence-corrected chi connectivity index (χ3v) is 5.78. The van der Waals surface area contributed by atoms with Crippen LogP contribution in [0.5, 0.6) is 11.5 Å². The predicted octanol–water partition coefficient (Wildman–Crippen LogP) is 4.28. The molecule has 2 N–H and O–H groups in total. The number of allylic oxidation sites excluding steroid dienone is 1. The molecule has 0 fully saturated rings. The molecular weight excluding hydrogens is 444 g/mol. The third kappa shape index (κ3) is 4.19. The highest BCUT2D eigenvalue weighted by atomic mass is 16.5. The summed E-state index contributed by atoms with van der Waals surface area (Å²) >= 11 is 0. The Bertz CT molecular complexity index is 1400. The number of aromatic nitrogens is 4. The number of nitrogens with one attached hydrogen (secondary N) is 2. The molecule has 176 valence electrons. The highest BCUT2D eigenvalue weighted by molar-refractivity contribution is 6.06. The Morgan fingerprint density at radius 3 is 2.60 bits per heavy atom. The molecule has 3 heterocycles. The van der Waals surface area contributed by atoms with Crippen molar-refractivity contribution in [2.45, 2.75) is 13.0 Å². The maximum Gasteiger partial charge on any atom is 0.255 e. The third-order valence-electron chi connectivity index (χ3n) is 5.78. The highest BCUT2D eigenvalue weighted by Crippen LogP contribution is 2.41. The van der Waals surface area contributed by atoms with E-state index >= 15 is 0 Å². The summed E-state index contributed by atoms with van der Waals surface area (Å²) in [5.41, 5.74) is 3.29. The first-order valence-electron chi connectivity index (χ1n) is 11.0. The van der Waals surface area contributed by atoms with Gasteiger partial charge in [0.05, 0.1) is 31.7 Å². The van der Waals surface area contributed by atoms with Crippen LogP contribution in [-0.2, 0) is 4.79 Å². The number of fused-ring (bicyclic) bond motifs is 1. The summed E-state index contributed by atoms with van der Waals surface area (Å²) in [5, 5.41) is 11.0. The van der Waals surface area contributed by atoms with Gasteiger partial charge in [0.15, 0.2) is 5.82 Å². The number of hydrogen-bond donors (Lipinski definition) is 2. The summed E-state index contributed by atoms with van der Waals surface area (Å²) in [6.45, 7) is 1.85. The van der Waals surface area contributed by atoms with Gasteiger partial charge >= 0.3 is 0 Å². The molecule has 35 heavy (non-hydrogen) atoms. The number of amides is 1. The molecule has 0 saturated carbocycles. The van der Waals surface area contributed by atoms with E-state index in [4.69, 9.17) is 19.6 Å². The van der Waals surface area contributed by atoms with Crippen molar-refractivity contribution in [3.63, 3.8) is 0 Å². The fourth-order valence-corrected chi connectivity index (χ4v) is 4.13. The largest absolute Gasteiger partial charge is 0.497 e. The van der Waals surface area contributed by atoms with Crippen molar-refractivity contribution in [2.24, 2.45) is 0 Å². The topological polar surface area (TPSA) is 103 Å². The van der Waals surface area contributed by atoms with Crippen molar-refractivity contribution >= 4 is 17.5 Å². The summed E-state index contributed by atoms with van der Waals surface area (Å²) in [6.07, 6.45) is 3.25. The van der Waals surface area contributed by atoms with E-state index in [1.807, 2.05) is 55.5 Å². The van der Waals surface area contributed by atoms with Crippen LogP contribution in [0.1, 0.15) is 18.5 Å². The maximum absolute atomic E-state index is 13.6. The summed E-state index contributed by atoms with van der Waals surface area (Å²) in [6, 6.07) is 18.1. The number of benzene rings is 2. The van der Waals surface area contributed by atoms with Gasteiger partial charge in [-0.15, -0.1) is 5.10 Å². The molecule has 9 nitrogen and oxygen atoms in total. The zero-order valence-electron chi connectivity index (χ0n) is 19.5. The lowest BCUT2D eigenvalue weighted by molar-refractivity contribution is -0.113. The Morgan fingerprint density at radius 2 is 1.89 bits per heavy atom. The minimum atomic E-state index is -0.627. The first-order chi connectivity index (χ1) is 17.1. The van der Waals surface area contributed by atoms with E-state index in [9.17, 15) is 4.79 Å². The van der Waals surface area contributed by atoms with Gasteiger partial charge in [-0.05, 0) is 37.3 Å². The maximum atomic E-state index is 13.6. The smallest absolute Gasteiger partial charge is 0.255 e. The Balaban J connectivity index is 1.67. The second kappa shape index (κ2) is 9.30. The lowest BCUT2D eigenvalue weighted by atomic mass is 9.94. The number of carbonyl (C=O) groups excluding carboxylic acids is 1. The lowest BCUT2D eigenvalue weighted by Gasteiger charge is -2.29. The standard InChI is InChI=1S/C26H24N6O3/c1-16-22(25(33)29-18-10-7-13-27-15-18)23(20-14-19(34-2)11-12-21(20)35-3)32-26(28-16)30-24(31-32)17-8-5-4-6-9-17/h4-15,23H,1-3H3,(H,29,33)(H,28,30,31)/t23-/m1/s1. The molecule has 4 aromatic rings. The summed E-state index contributed by atoms with van der Waals surface area (Å²) in [4.78, 5) is 22.4. The molecular formula is C26H24N6O3. The predicted molar refractivity (Wildman–Crippen MR) is 132 cm³/mol. The fourth-order valence-electron chi connectivity index (χ4n) is 4.13. The fraction of sp³-hybridized carbons (Fsp3) is 0.154. The lowest BCUT2D eigenvalue weighted by Crippen LogP contribution is -2.31. The molecule has 0 spiro atoms. The van der Waals surface area contributed by atoms with Crippen molar-refractivity contribution in [1.82, 2.24) is 19.7 Å². The molecule has 5 rings (SSSR count). The van der Waals surface area contributed by atoms with Gasteiger partial charge in [-0.25, -0.2) is 4.68 Å². The number of anilines is 2. The van der Waals surface area contributed by atoms with E-state index in [0.29, 0.717) is 40.2 Å². The van der Waals surface area contributed by atoms with Gasteiger partial charge in [0.1, 0.15) is 17.5 Å². The SMILES string of the molecule is COc1ccc(OC)c([C@@H]2C(C(=O)Nc3cccnc3)=C(C)Nc3nc(-c4ccccc4)nn32)c1. The van der Waals surface area contributed by atoms with Crippen LogP contribution in [0.25, 0.3) is 11.4 Å². The number of ether oxygens (including phenoxy) is 2. The van der Waals surface area contributed by atoms with Gasteiger partial charge in [-0.2, -0.15) is 4.98 Å². The van der Waals surface area contributed by atoms with Crippen LogP contribution in [-0.4, -0.2) is 39.9 Å². The van der Waals surface area contributed by atoms with Crippen LogP contribution < -0.4 is 20.1 Å². The minimum Gasteiger partial charge on any atom is -0.497 e. The summed E-state index contributed by atoms with van der Waals surface area (Å²) < 4.78 is 12.9. The van der Waals surface area contributed by atoms with E-state index in [1.54, 1.807) is 43.4 Å². The summed E-state index contributed by atoms with van der Waals surface area (Å²) in [7, 11) is 3.19. The Kier molecular flexibility index (Phi) is 5.88. The van der Waals surface area contributed by atoms with E-state index in [-0.39, 0.29) is 5.91 Å². The van der Waals surface area contributed by atoms with Gasteiger partial charge in [-0.1, -0.05) is 30.3 Å². The van der Waals surface area contributed by atoms with Crippen LogP contribution in [0.4, 0.5) is 11.6 Å². The monoisotopic (exact) mass is 468 g/mol. The van der Waals surface area contributed by atoms with Crippen molar-refractivity contribution in [1.29, 1.82) is 0 Å². The number of nitrogens with zero attached hydrogens (tertiary/aromatic N) is 4. The summed E-state index contributed by atoms with van der Waals surface area (Å²) in [5.74, 6) is 2.00. The van der Waals surface area contributed by atoms with Crippen LogP contribution in [0.15, 0.2) is 84.3 Å². The highest BCUT2D eigenvalue weighted by Gasteiger charge is 2.36. The number of carbonyl (C=O) groups is 1. The van der Waals surface area contributed by atoms with Gasteiger partial charge in [0.2, 0.25) is 5.95 Å². The van der Waals surface area contributed by atoms with Crippen molar-refractivity contribution in [3.8, 4) is 22.9 Å². The van der Waals surface area contributed by atoms with Gasteiger partial charge < -0.3 is 20.1 Å². The molecule has 1 atom stereocenters. The van der Waals surface area contributed by atoms with E-state index in [1.165, 1.54) is 0 Å². The molecule has 9 heteroatoms. The second-order valence-electron chi connectivity index (χ2n) is 7.94. The number of methoxy groups -OCH3 is 2. The van der Waals surface area contributed by atoms with Crippen LogP contribution in [0, 0.1) is 0 Å². The average molecular weight is 469 g/mol. The number of rotatable bonds is 6. The second-order valence-corrected chi connectivity index (χ2v) is 7.94. The number of hydrogen-bond acceptors (Lipinski definition) is 7. The van der Waals surface area contributed by atoms with Crippen molar-refractivity contribution in [2.75, 3.05) is 24.9 Å². The van der Waals surface area contributed by atoms with Crippen LogP contribution in [0.2, 0.25) is 0 Å². The van der Waals surface area contributed by atoms with E-state index in [0.717, 1.165) is 11.1 Å². The van der Waals surface area contributed by atoms with Gasteiger partial charge in [0, 0.05) is 23.0 Å². The molecule has 0 aliphatic carbocycles. The first kappa shape index (κ1) is 22.1. The Hall–Kier alpha value is -4.66. The zero-order valence-corrected chi connectivity index (χ0v) is 19.5. The van der Waals surface area contributed by atoms with Crippen LogP contribution in [0.3, 0.4) is 0 Å². The molecule has 0 saturated heterocycles. The van der Waals surface area contributed by atoms with E-state index in [2.05, 4.69) is 15.6 Å². The molecule has 0 unspecified atom stereocenters. The molecule has 1 aliphatic heterocycles. The van der Waals surface area contributed by atoms with Gasteiger partial charge in [-0.3, -0.25) is 9.78 Å². The van der Waals surface area contributed by atoms with Gasteiger partial charge in [0.25, 0.3) is 5.91 Å². The molecule has 0 bridgehead atoms. The zero-order chi connectivity index (χ0) is 24.4. The normalized spacial score (nSPS) is 14.7. The first-order valence-corrected chi connectivity index (χ1v) is 11.0. The van der Waals surface area contributed by atoms with Crippen LogP contribution >= 0.6 is 0 Å². The Morgan fingerprint density at radius 1 is 1.06 bits per heavy atom. The number of pyridine rings is 1. The Labute approximate surface area is 202 Å². The van der Waals surface area contributed by atoms with E-state index < -0.39 is 6.04 Å². The quantitative estimate of drug-likeness (QED) is 0.435. The molecule has 1 aliphatic rings. The van der Waals surface area contributed by atoms with Crippen molar-refractivity contribution in [3.05, 3.63) is 89.9 Å². The molecule has 0 radical (unpaired) electrons. The molecule has 2 aromatic heterocycles. The molecule has 2 aromatic carbocycles. The minimum absolute atomic E-state index is 0.291. The average Bonchev–Trinajstić information content (AvgIpc) is 3.32. The molecule has 1 amide bonds.